The minimum absolute atomic E-state index is 0.0394. The molecule has 1 heterocycles. The lowest BCUT2D eigenvalue weighted by atomic mass is 9.72. The molecule has 4 heteroatoms. The van der Waals surface area contributed by atoms with Gasteiger partial charge in [-0.25, -0.2) is 8.78 Å². The zero-order chi connectivity index (χ0) is 13.2. The molecule has 0 aromatic rings. The van der Waals surface area contributed by atoms with Crippen molar-refractivity contribution >= 4 is 5.78 Å². The van der Waals surface area contributed by atoms with Crippen molar-refractivity contribution in [2.75, 3.05) is 13.1 Å². The van der Waals surface area contributed by atoms with Crippen LogP contribution in [0.5, 0.6) is 0 Å². The van der Waals surface area contributed by atoms with E-state index in [0.29, 0.717) is 12.8 Å². The topological polar surface area (TPSA) is 29.1 Å². The molecular formula is C14H23F2NO. The molecule has 2 atom stereocenters. The third kappa shape index (κ3) is 2.90. The van der Waals surface area contributed by atoms with E-state index in [4.69, 9.17) is 0 Å². The Balaban J connectivity index is 1.94. The van der Waals surface area contributed by atoms with Gasteiger partial charge in [0.2, 0.25) is 5.92 Å². The fourth-order valence-electron chi connectivity index (χ4n) is 3.40. The van der Waals surface area contributed by atoms with Gasteiger partial charge in [-0.05, 0) is 38.1 Å². The highest BCUT2D eigenvalue weighted by Gasteiger charge is 2.43. The quantitative estimate of drug-likeness (QED) is 0.840. The van der Waals surface area contributed by atoms with Crippen molar-refractivity contribution in [1.82, 2.24) is 5.32 Å². The van der Waals surface area contributed by atoms with Crippen LogP contribution in [0.3, 0.4) is 0 Å². The molecular weight excluding hydrogens is 236 g/mol. The van der Waals surface area contributed by atoms with Crippen LogP contribution in [0.15, 0.2) is 0 Å². The van der Waals surface area contributed by atoms with Crippen LogP contribution in [0, 0.1) is 11.3 Å². The zero-order valence-corrected chi connectivity index (χ0v) is 11.1. The van der Waals surface area contributed by atoms with E-state index in [2.05, 4.69) is 5.32 Å². The molecule has 0 radical (unpaired) electrons. The summed E-state index contributed by atoms with van der Waals surface area (Å²) in [6.45, 7) is 3.73. The Morgan fingerprint density at radius 3 is 2.67 bits per heavy atom. The second kappa shape index (κ2) is 5.24. The van der Waals surface area contributed by atoms with Crippen LogP contribution in [0.2, 0.25) is 0 Å². The summed E-state index contributed by atoms with van der Waals surface area (Å²) in [4.78, 5) is 12.4. The van der Waals surface area contributed by atoms with Crippen molar-refractivity contribution in [3.63, 3.8) is 0 Å². The lowest BCUT2D eigenvalue weighted by molar-refractivity contribution is -0.131. The molecule has 18 heavy (non-hydrogen) atoms. The van der Waals surface area contributed by atoms with E-state index < -0.39 is 5.92 Å². The summed E-state index contributed by atoms with van der Waals surface area (Å²) in [5, 5.41) is 3.28. The van der Waals surface area contributed by atoms with Crippen LogP contribution >= 0.6 is 0 Å². The van der Waals surface area contributed by atoms with E-state index in [0.717, 1.165) is 32.4 Å². The molecule has 2 aliphatic rings. The number of rotatable bonds is 4. The molecule has 104 valence electrons. The lowest BCUT2D eigenvalue weighted by Crippen LogP contribution is -2.45. The normalized spacial score (nSPS) is 35.6. The predicted octanol–water partition coefficient (Wildman–Crippen LogP) is 3.16. The summed E-state index contributed by atoms with van der Waals surface area (Å²) < 4.78 is 26.3. The molecule has 1 saturated carbocycles. The van der Waals surface area contributed by atoms with Crippen LogP contribution < -0.4 is 5.32 Å². The largest absolute Gasteiger partial charge is 0.316 e. The van der Waals surface area contributed by atoms with Crippen molar-refractivity contribution in [2.45, 2.75) is 57.8 Å². The Morgan fingerprint density at radius 1 is 1.39 bits per heavy atom. The van der Waals surface area contributed by atoms with Gasteiger partial charge in [-0.1, -0.05) is 6.92 Å². The van der Waals surface area contributed by atoms with Crippen LogP contribution in [-0.4, -0.2) is 24.8 Å². The Morgan fingerprint density at radius 2 is 2.17 bits per heavy atom. The maximum Gasteiger partial charge on any atom is 0.248 e. The van der Waals surface area contributed by atoms with Crippen molar-refractivity contribution in [3.05, 3.63) is 0 Å². The van der Waals surface area contributed by atoms with E-state index in [-0.39, 0.29) is 30.0 Å². The number of Topliss-reactive ketones (excluding diaryl/α,β-unsaturated/α-hetero) is 1. The van der Waals surface area contributed by atoms with Crippen LogP contribution in [0.1, 0.15) is 51.9 Å². The van der Waals surface area contributed by atoms with E-state index in [1.165, 1.54) is 0 Å². The number of piperidine rings is 1. The first-order valence-corrected chi connectivity index (χ1v) is 7.09. The minimum atomic E-state index is -2.53. The number of hydrogen-bond acceptors (Lipinski definition) is 2. The first-order valence-electron chi connectivity index (χ1n) is 7.09. The molecule has 1 saturated heterocycles. The monoisotopic (exact) mass is 259 g/mol. The Kier molecular flexibility index (Phi) is 4.05. The standard InChI is InChI=1S/C14H23F2NO/c1-2-13(5-3-7-17-10-13)12(18)8-11-4-6-14(15,16)9-11/h11,17H,2-10H2,1H3. The van der Waals surface area contributed by atoms with Crippen LogP contribution in [-0.2, 0) is 4.79 Å². The molecule has 1 aliphatic carbocycles. The fraction of sp³-hybridized carbons (Fsp3) is 0.929. The summed E-state index contributed by atoms with van der Waals surface area (Å²) in [6.07, 6.45) is 3.48. The van der Waals surface area contributed by atoms with Gasteiger partial charge in [0.1, 0.15) is 5.78 Å². The molecule has 1 N–H and O–H groups in total. The van der Waals surface area contributed by atoms with Crippen molar-refractivity contribution < 1.29 is 13.6 Å². The summed E-state index contributed by atoms with van der Waals surface area (Å²) in [5.74, 6) is -2.42. The molecule has 0 spiro atoms. The van der Waals surface area contributed by atoms with E-state index in [9.17, 15) is 13.6 Å². The number of carbonyl (C=O) groups excluding carboxylic acids is 1. The average molecular weight is 259 g/mol. The second-order valence-electron chi connectivity index (χ2n) is 6.01. The number of ketones is 1. The van der Waals surface area contributed by atoms with Gasteiger partial charge in [-0.15, -0.1) is 0 Å². The van der Waals surface area contributed by atoms with Gasteiger partial charge in [0.15, 0.2) is 0 Å². The lowest BCUT2D eigenvalue weighted by Gasteiger charge is -2.36. The third-order valence-electron chi connectivity index (χ3n) is 4.72. The maximum absolute atomic E-state index is 13.1. The Bertz CT molecular complexity index is 311. The summed E-state index contributed by atoms with van der Waals surface area (Å²) in [5.41, 5.74) is -0.282. The SMILES string of the molecule is CCC1(C(=O)CC2CCC(F)(F)C2)CCCNC1. The van der Waals surface area contributed by atoms with Crippen molar-refractivity contribution in [1.29, 1.82) is 0 Å². The zero-order valence-electron chi connectivity index (χ0n) is 11.1. The number of alkyl halides is 2. The molecule has 0 aromatic heterocycles. The average Bonchev–Trinajstić information content (AvgIpc) is 2.69. The number of hydrogen-bond donors (Lipinski definition) is 1. The molecule has 2 fully saturated rings. The van der Waals surface area contributed by atoms with Gasteiger partial charge in [-0.3, -0.25) is 4.79 Å². The van der Waals surface area contributed by atoms with Gasteiger partial charge >= 0.3 is 0 Å². The predicted molar refractivity (Wildman–Crippen MR) is 66.7 cm³/mol. The summed E-state index contributed by atoms with van der Waals surface area (Å²) >= 11 is 0. The van der Waals surface area contributed by atoms with E-state index >= 15 is 0 Å². The van der Waals surface area contributed by atoms with Crippen LogP contribution in [0.25, 0.3) is 0 Å². The third-order valence-corrected chi connectivity index (χ3v) is 4.72. The molecule has 0 aromatic carbocycles. The van der Waals surface area contributed by atoms with Gasteiger partial charge in [0, 0.05) is 31.2 Å². The molecule has 2 unspecified atom stereocenters. The van der Waals surface area contributed by atoms with Gasteiger partial charge < -0.3 is 5.32 Å². The van der Waals surface area contributed by atoms with Gasteiger partial charge in [0.25, 0.3) is 0 Å². The summed E-state index contributed by atoms with van der Waals surface area (Å²) in [6, 6.07) is 0. The number of halogens is 2. The first kappa shape index (κ1) is 13.9. The Hall–Kier alpha value is -0.510. The highest BCUT2D eigenvalue weighted by atomic mass is 19.3. The highest BCUT2D eigenvalue weighted by Crippen LogP contribution is 2.42. The minimum Gasteiger partial charge on any atom is -0.316 e. The van der Waals surface area contributed by atoms with Crippen LogP contribution in [0.4, 0.5) is 8.78 Å². The molecule has 0 bridgehead atoms. The van der Waals surface area contributed by atoms with Gasteiger partial charge in [-0.2, -0.15) is 0 Å². The molecule has 1 aliphatic heterocycles. The van der Waals surface area contributed by atoms with Crippen molar-refractivity contribution in [2.24, 2.45) is 11.3 Å². The number of carbonyl (C=O) groups is 1. The van der Waals surface area contributed by atoms with E-state index in [1.807, 2.05) is 6.92 Å². The maximum atomic E-state index is 13.1. The van der Waals surface area contributed by atoms with Crippen molar-refractivity contribution in [3.8, 4) is 0 Å². The molecule has 2 rings (SSSR count). The smallest absolute Gasteiger partial charge is 0.248 e. The highest BCUT2D eigenvalue weighted by molar-refractivity contribution is 5.85. The number of nitrogens with one attached hydrogen (secondary N) is 1. The molecule has 0 amide bonds. The van der Waals surface area contributed by atoms with E-state index in [1.54, 1.807) is 0 Å². The second-order valence-corrected chi connectivity index (χ2v) is 6.01. The molecule has 2 nitrogen and oxygen atoms in total. The first-order chi connectivity index (χ1) is 8.47. The Labute approximate surface area is 108 Å². The fourth-order valence-corrected chi connectivity index (χ4v) is 3.40. The van der Waals surface area contributed by atoms with Gasteiger partial charge in [0.05, 0.1) is 0 Å². The summed E-state index contributed by atoms with van der Waals surface area (Å²) in [7, 11) is 0.